The Bertz CT molecular complexity index is 370. The Balaban J connectivity index is 2.10. The molecule has 0 radical (unpaired) electrons. The van der Waals surface area contributed by atoms with Crippen molar-refractivity contribution in [2.24, 2.45) is 0 Å². The summed E-state index contributed by atoms with van der Waals surface area (Å²) in [4.78, 5) is 0. The monoisotopic (exact) mass is 176 g/mol. The molecule has 13 heavy (non-hydrogen) atoms. The zero-order valence-electron chi connectivity index (χ0n) is 6.90. The number of fused-ring (bicyclic) bond motifs is 2. The van der Waals surface area contributed by atoms with Gasteiger partial charge in [-0.2, -0.15) is 0 Å². The molecule has 1 aromatic carbocycles. The standard InChI is InChI=1S/C10H8O3/c1-2-4-8-7(3-1)5-9-10(13-8)12-6-11-9/h1-5,10H,6H2. The molecule has 3 rings (SSSR count). The van der Waals surface area contributed by atoms with Crippen LogP contribution < -0.4 is 4.74 Å². The highest BCUT2D eigenvalue weighted by Crippen LogP contribution is 2.32. The third-order valence-corrected chi connectivity index (χ3v) is 2.13. The molecule has 0 spiro atoms. The number of hydrogen-bond acceptors (Lipinski definition) is 3. The Morgan fingerprint density at radius 1 is 1.23 bits per heavy atom. The topological polar surface area (TPSA) is 27.7 Å². The third kappa shape index (κ3) is 1.01. The van der Waals surface area contributed by atoms with Gasteiger partial charge < -0.3 is 9.47 Å². The van der Waals surface area contributed by atoms with E-state index in [9.17, 15) is 0 Å². The number of hydrogen-bond donors (Lipinski definition) is 0. The molecule has 0 bridgehead atoms. The van der Waals surface area contributed by atoms with Gasteiger partial charge in [0.15, 0.2) is 12.6 Å². The molecule has 1 unspecified atom stereocenters. The molecule has 0 aliphatic carbocycles. The van der Waals surface area contributed by atoms with Crippen molar-refractivity contribution in [2.45, 2.75) is 6.29 Å². The quantitative estimate of drug-likeness (QED) is 0.602. The van der Waals surface area contributed by atoms with Crippen LogP contribution in [0.2, 0.25) is 0 Å². The first kappa shape index (κ1) is 6.97. The molecule has 1 aromatic rings. The lowest BCUT2D eigenvalue weighted by Crippen LogP contribution is -2.19. The van der Waals surface area contributed by atoms with Crippen molar-refractivity contribution in [3.05, 3.63) is 35.6 Å². The molecule has 66 valence electrons. The summed E-state index contributed by atoms with van der Waals surface area (Å²) in [6.07, 6.45) is 1.62. The second-order valence-corrected chi connectivity index (χ2v) is 2.96. The molecule has 2 aliphatic rings. The Morgan fingerprint density at radius 2 is 2.15 bits per heavy atom. The van der Waals surface area contributed by atoms with Crippen molar-refractivity contribution in [1.82, 2.24) is 0 Å². The minimum absolute atomic E-state index is 0.282. The lowest BCUT2D eigenvalue weighted by atomic mass is 10.1. The van der Waals surface area contributed by atoms with Crippen molar-refractivity contribution in [1.29, 1.82) is 0 Å². The average molecular weight is 176 g/mol. The molecule has 0 amide bonds. The van der Waals surface area contributed by atoms with Crippen LogP contribution in [0, 0.1) is 0 Å². The second-order valence-electron chi connectivity index (χ2n) is 2.96. The lowest BCUT2D eigenvalue weighted by molar-refractivity contribution is -0.0388. The normalized spacial score (nSPS) is 23.7. The Hall–Kier alpha value is -1.48. The fraction of sp³-hybridized carbons (Fsp3) is 0.200. The van der Waals surface area contributed by atoms with E-state index in [1.165, 1.54) is 0 Å². The fourth-order valence-corrected chi connectivity index (χ4v) is 1.49. The average Bonchev–Trinajstić information content (AvgIpc) is 2.61. The van der Waals surface area contributed by atoms with Crippen LogP contribution in [0.4, 0.5) is 0 Å². The zero-order valence-corrected chi connectivity index (χ0v) is 6.90. The van der Waals surface area contributed by atoms with E-state index < -0.39 is 0 Å². The minimum atomic E-state index is -0.338. The van der Waals surface area contributed by atoms with Gasteiger partial charge in [-0.05, 0) is 12.1 Å². The molecule has 1 fully saturated rings. The third-order valence-electron chi connectivity index (χ3n) is 2.13. The van der Waals surface area contributed by atoms with Crippen molar-refractivity contribution in [3.8, 4) is 5.75 Å². The fourth-order valence-electron chi connectivity index (χ4n) is 1.49. The highest BCUT2D eigenvalue weighted by Gasteiger charge is 2.29. The van der Waals surface area contributed by atoms with E-state index in [1.54, 1.807) is 0 Å². The van der Waals surface area contributed by atoms with E-state index in [-0.39, 0.29) is 13.1 Å². The van der Waals surface area contributed by atoms with Crippen molar-refractivity contribution in [2.75, 3.05) is 6.79 Å². The van der Waals surface area contributed by atoms with Crippen LogP contribution in [0.25, 0.3) is 6.08 Å². The molecule has 1 atom stereocenters. The highest BCUT2D eigenvalue weighted by molar-refractivity contribution is 5.61. The summed E-state index contributed by atoms with van der Waals surface area (Å²) in [7, 11) is 0. The van der Waals surface area contributed by atoms with Gasteiger partial charge in [0.2, 0.25) is 0 Å². The minimum Gasteiger partial charge on any atom is -0.465 e. The molecule has 1 saturated heterocycles. The van der Waals surface area contributed by atoms with Gasteiger partial charge in [0, 0.05) is 5.56 Å². The molecule has 0 saturated carbocycles. The van der Waals surface area contributed by atoms with Crippen LogP contribution in [0.1, 0.15) is 5.56 Å². The van der Waals surface area contributed by atoms with Crippen LogP contribution in [0.5, 0.6) is 5.75 Å². The molecule has 3 heteroatoms. The van der Waals surface area contributed by atoms with Gasteiger partial charge in [-0.3, -0.25) is 4.74 Å². The largest absolute Gasteiger partial charge is 0.465 e. The Labute approximate surface area is 75.5 Å². The predicted octanol–water partition coefficient (Wildman–Crippen LogP) is 1.75. The summed E-state index contributed by atoms with van der Waals surface area (Å²) in [5, 5.41) is 0. The van der Waals surface area contributed by atoms with Gasteiger partial charge in [-0.1, -0.05) is 18.2 Å². The summed E-state index contributed by atoms with van der Waals surface area (Å²) in [5.41, 5.74) is 1.04. The summed E-state index contributed by atoms with van der Waals surface area (Å²) in [6.45, 7) is 0.282. The summed E-state index contributed by atoms with van der Waals surface area (Å²) < 4.78 is 16.0. The van der Waals surface area contributed by atoms with E-state index in [0.29, 0.717) is 0 Å². The second kappa shape index (κ2) is 2.50. The van der Waals surface area contributed by atoms with Gasteiger partial charge >= 0.3 is 0 Å². The maximum atomic E-state index is 5.54. The SMILES string of the molecule is C1=C2OCOC2Oc2ccccc21. The maximum absolute atomic E-state index is 5.54. The summed E-state index contributed by atoms with van der Waals surface area (Å²) in [6, 6.07) is 7.81. The maximum Gasteiger partial charge on any atom is 0.261 e. The van der Waals surface area contributed by atoms with Crippen molar-refractivity contribution in [3.63, 3.8) is 0 Å². The van der Waals surface area contributed by atoms with Crippen LogP contribution in [0.3, 0.4) is 0 Å². The number of ether oxygens (including phenoxy) is 3. The summed E-state index contributed by atoms with van der Waals surface area (Å²) in [5.74, 6) is 1.61. The number of para-hydroxylation sites is 1. The van der Waals surface area contributed by atoms with E-state index in [0.717, 1.165) is 17.1 Å². The van der Waals surface area contributed by atoms with Crippen molar-refractivity contribution < 1.29 is 14.2 Å². The van der Waals surface area contributed by atoms with Gasteiger partial charge in [0.05, 0.1) is 0 Å². The molecule has 2 aliphatic heterocycles. The zero-order chi connectivity index (χ0) is 8.67. The lowest BCUT2D eigenvalue weighted by Gasteiger charge is -2.18. The van der Waals surface area contributed by atoms with Crippen LogP contribution in [-0.4, -0.2) is 13.1 Å². The Morgan fingerprint density at radius 3 is 3.15 bits per heavy atom. The van der Waals surface area contributed by atoms with E-state index in [2.05, 4.69) is 0 Å². The highest BCUT2D eigenvalue weighted by atomic mass is 16.8. The van der Waals surface area contributed by atoms with Gasteiger partial charge in [-0.15, -0.1) is 0 Å². The van der Waals surface area contributed by atoms with Crippen LogP contribution >= 0.6 is 0 Å². The number of rotatable bonds is 0. The van der Waals surface area contributed by atoms with Crippen molar-refractivity contribution >= 4 is 6.08 Å². The van der Waals surface area contributed by atoms with E-state index in [4.69, 9.17) is 14.2 Å². The molecular formula is C10H8O3. The van der Waals surface area contributed by atoms with E-state index in [1.807, 2.05) is 30.3 Å². The van der Waals surface area contributed by atoms with Gasteiger partial charge in [0.1, 0.15) is 5.75 Å². The van der Waals surface area contributed by atoms with Gasteiger partial charge in [-0.25, -0.2) is 0 Å². The molecule has 2 heterocycles. The van der Waals surface area contributed by atoms with Gasteiger partial charge in [0.25, 0.3) is 6.29 Å². The molecule has 0 N–H and O–H groups in total. The smallest absolute Gasteiger partial charge is 0.261 e. The first-order valence-electron chi connectivity index (χ1n) is 4.15. The van der Waals surface area contributed by atoms with Crippen LogP contribution in [0.15, 0.2) is 30.0 Å². The van der Waals surface area contributed by atoms with Crippen LogP contribution in [-0.2, 0) is 9.47 Å². The first-order chi connectivity index (χ1) is 6.43. The predicted molar refractivity (Wildman–Crippen MR) is 45.9 cm³/mol. The molecule has 3 nitrogen and oxygen atoms in total. The summed E-state index contributed by atoms with van der Waals surface area (Å²) >= 11 is 0. The first-order valence-corrected chi connectivity index (χ1v) is 4.15. The number of benzene rings is 1. The van der Waals surface area contributed by atoms with E-state index >= 15 is 0 Å². The Kier molecular flexibility index (Phi) is 1.34. The molecular weight excluding hydrogens is 168 g/mol. The molecule has 0 aromatic heterocycles.